The number of carbonyl (C=O) groups is 1. The van der Waals surface area contributed by atoms with Gasteiger partial charge in [-0.15, -0.1) is 21.5 Å². The van der Waals surface area contributed by atoms with Gasteiger partial charge in [-0.25, -0.2) is 0 Å². The third-order valence-corrected chi connectivity index (χ3v) is 5.31. The topological polar surface area (TPSA) is 91.8 Å². The van der Waals surface area contributed by atoms with Crippen LogP contribution in [0.5, 0.6) is 0 Å². The van der Waals surface area contributed by atoms with E-state index in [0.717, 1.165) is 16.7 Å². The van der Waals surface area contributed by atoms with E-state index in [9.17, 15) is 4.79 Å². The molecule has 0 aliphatic rings. The fourth-order valence-corrected chi connectivity index (χ4v) is 3.81. The summed E-state index contributed by atoms with van der Waals surface area (Å²) in [5.74, 6) is 0.206. The molecule has 26 heavy (non-hydrogen) atoms. The van der Waals surface area contributed by atoms with Crippen LogP contribution < -0.4 is 5.32 Å². The van der Waals surface area contributed by atoms with Crippen molar-refractivity contribution in [3.8, 4) is 17.5 Å². The smallest absolute Gasteiger partial charge is 0.277 e. The van der Waals surface area contributed by atoms with Crippen molar-refractivity contribution >= 4 is 34.0 Å². The predicted molar refractivity (Wildman–Crippen MR) is 102 cm³/mol. The number of aromatic nitrogens is 2. The Balaban J connectivity index is 1.68. The number of thiophene rings is 1. The third-order valence-electron chi connectivity index (χ3n) is 3.54. The number of carbonyl (C=O) groups excluding carboxylic acids is 1. The quantitative estimate of drug-likeness (QED) is 0.655. The summed E-state index contributed by atoms with van der Waals surface area (Å²) in [6, 6.07) is 9.75. The Labute approximate surface area is 159 Å². The molecule has 0 bridgehead atoms. The van der Waals surface area contributed by atoms with Gasteiger partial charge >= 0.3 is 0 Å². The van der Waals surface area contributed by atoms with Crippen molar-refractivity contribution < 1.29 is 9.21 Å². The Morgan fingerprint density at radius 1 is 1.31 bits per heavy atom. The highest BCUT2D eigenvalue weighted by atomic mass is 32.2. The van der Waals surface area contributed by atoms with Crippen LogP contribution in [0.1, 0.15) is 23.6 Å². The van der Waals surface area contributed by atoms with Crippen LogP contribution in [-0.2, 0) is 4.79 Å². The van der Waals surface area contributed by atoms with Gasteiger partial charge in [-0.2, -0.15) is 5.26 Å². The highest BCUT2D eigenvalue weighted by Gasteiger charge is 2.20. The summed E-state index contributed by atoms with van der Waals surface area (Å²) in [6.07, 6.45) is 0. The summed E-state index contributed by atoms with van der Waals surface area (Å²) >= 11 is 2.50. The molecule has 0 aliphatic heterocycles. The monoisotopic (exact) mass is 384 g/mol. The molecule has 1 amide bonds. The second-order valence-electron chi connectivity index (χ2n) is 5.77. The van der Waals surface area contributed by atoms with Gasteiger partial charge in [0.25, 0.3) is 5.22 Å². The molecular formula is C18H16N4O2S2. The number of hydrogen-bond donors (Lipinski definition) is 1. The number of nitrogens with one attached hydrogen (secondary N) is 1. The standard InChI is InChI=1S/C18H16N4O2S2/c1-10-6-11(2)8-14(7-10)16-21-22-18(24-16)26-12(3)15(23)20-17-13(9-19)4-5-25-17/h4-8,12H,1-3H3,(H,20,23)/t12-/m0/s1. The van der Waals surface area contributed by atoms with Gasteiger partial charge < -0.3 is 9.73 Å². The van der Waals surface area contributed by atoms with E-state index >= 15 is 0 Å². The molecule has 6 nitrogen and oxygen atoms in total. The number of anilines is 1. The number of nitrogens with zero attached hydrogens (tertiary/aromatic N) is 3. The van der Waals surface area contributed by atoms with E-state index in [4.69, 9.17) is 9.68 Å². The van der Waals surface area contributed by atoms with Crippen molar-refractivity contribution in [1.29, 1.82) is 5.26 Å². The summed E-state index contributed by atoms with van der Waals surface area (Å²) in [4.78, 5) is 12.3. The van der Waals surface area contributed by atoms with Crippen molar-refractivity contribution in [3.63, 3.8) is 0 Å². The Morgan fingerprint density at radius 3 is 2.73 bits per heavy atom. The van der Waals surface area contributed by atoms with Crippen molar-refractivity contribution in [2.75, 3.05) is 5.32 Å². The highest BCUT2D eigenvalue weighted by molar-refractivity contribution is 8.00. The molecule has 0 saturated heterocycles. The van der Waals surface area contributed by atoms with Crippen molar-refractivity contribution in [1.82, 2.24) is 10.2 Å². The van der Waals surface area contributed by atoms with E-state index in [2.05, 4.69) is 21.6 Å². The zero-order valence-corrected chi connectivity index (χ0v) is 16.1. The first-order valence-corrected chi connectivity index (χ1v) is 9.59. The fourth-order valence-electron chi connectivity index (χ4n) is 2.38. The second-order valence-corrected chi connectivity index (χ2v) is 7.98. The number of aryl methyl sites for hydroxylation is 2. The molecule has 3 rings (SSSR count). The summed E-state index contributed by atoms with van der Waals surface area (Å²) in [5.41, 5.74) is 3.54. The SMILES string of the molecule is Cc1cc(C)cc(-c2nnc(S[C@@H](C)C(=O)Nc3sccc3C#N)o2)c1. The van der Waals surface area contributed by atoms with Crippen LogP contribution in [0.15, 0.2) is 39.3 Å². The first-order valence-electron chi connectivity index (χ1n) is 7.83. The van der Waals surface area contributed by atoms with Gasteiger partial charge in [-0.3, -0.25) is 4.79 Å². The van der Waals surface area contributed by atoms with Crippen molar-refractivity contribution in [2.45, 2.75) is 31.2 Å². The number of thioether (sulfide) groups is 1. The third kappa shape index (κ3) is 4.12. The highest BCUT2D eigenvalue weighted by Crippen LogP contribution is 2.29. The predicted octanol–water partition coefficient (Wildman–Crippen LogP) is 4.41. The number of benzene rings is 1. The van der Waals surface area contributed by atoms with E-state index in [-0.39, 0.29) is 5.91 Å². The molecule has 1 aromatic carbocycles. The average Bonchev–Trinajstić information content (AvgIpc) is 3.23. The van der Waals surface area contributed by atoms with Gasteiger partial charge in [0.2, 0.25) is 11.8 Å². The largest absolute Gasteiger partial charge is 0.411 e. The van der Waals surface area contributed by atoms with Crippen LogP contribution in [0, 0.1) is 25.2 Å². The fraction of sp³-hybridized carbons (Fsp3) is 0.222. The number of nitriles is 1. The summed E-state index contributed by atoms with van der Waals surface area (Å²) in [7, 11) is 0. The van der Waals surface area contributed by atoms with Gasteiger partial charge in [0.15, 0.2) is 0 Å². The molecule has 0 unspecified atom stereocenters. The maximum atomic E-state index is 12.3. The lowest BCUT2D eigenvalue weighted by molar-refractivity contribution is -0.115. The zero-order valence-electron chi connectivity index (χ0n) is 14.4. The van der Waals surface area contributed by atoms with Crippen LogP contribution in [0.4, 0.5) is 5.00 Å². The molecule has 0 aliphatic carbocycles. The van der Waals surface area contributed by atoms with Crippen LogP contribution >= 0.6 is 23.1 Å². The van der Waals surface area contributed by atoms with Gasteiger partial charge in [0.05, 0.1) is 10.8 Å². The first kappa shape index (κ1) is 18.2. The van der Waals surface area contributed by atoms with Crippen LogP contribution in [0.2, 0.25) is 0 Å². The van der Waals surface area contributed by atoms with Gasteiger partial charge in [-0.1, -0.05) is 29.0 Å². The lowest BCUT2D eigenvalue weighted by Gasteiger charge is -2.08. The molecule has 1 N–H and O–H groups in total. The Bertz CT molecular complexity index is 967. The average molecular weight is 384 g/mol. The zero-order chi connectivity index (χ0) is 18.7. The molecule has 2 aromatic heterocycles. The molecule has 8 heteroatoms. The molecule has 0 fully saturated rings. The molecule has 0 saturated carbocycles. The molecular weight excluding hydrogens is 368 g/mol. The van der Waals surface area contributed by atoms with Crippen LogP contribution in [-0.4, -0.2) is 21.4 Å². The summed E-state index contributed by atoms with van der Waals surface area (Å²) in [6.45, 7) is 5.77. The Morgan fingerprint density at radius 2 is 2.04 bits per heavy atom. The number of rotatable bonds is 5. The summed E-state index contributed by atoms with van der Waals surface area (Å²) < 4.78 is 5.69. The van der Waals surface area contributed by atoms with Crippen molar-refractivity contribution in [2.24, 2.45) is 0 Å². The Hall–Kier alpha value is -2.63. The molecule has 0 spiro atoms. The minimum atomic E-state index is -0.448. The number of hydrogen-bond acceptors (Lipinski definition) is 7. The van der Waals surface area contributed by atoms with E-state index < -0.39 is 5.25 Å². The van der Waals surface area contributed by atoms with Gasteiger partial charge in [0.1, 0.15) is 11.1 Å². The Kier molecular flexibility index (Phi) is 5.40. The van der Waals surface area contributed by atoms with E-state index in [0.29, 0.717) is 21.7 Å². The summed E-state index contributed by atoms with van der Waals surface area (Å²) in [5, 5.41) is 22.1. The molecule has 0 radical (unpaired) electrons. The molecule has 1 atom stereocenters. The normalized spacial score (nSPS) is 11.8. The minimum Gasteiger partial charge on any atom is -0.411 e. The maximum absolute atomic E-state index is 12.3. The van der Waals surface area contributed by atoms with E-state index in [1.165, 1.54) is 23.1 Å². The minimum absolute atomic E-state index is 0.222. The molecule has 132 valence electrons. The van der Waals surface area contributed by atoms with Crippen molar-refractivity contribution in [3.05, 3.63) is 46.3 Å². The van der Waals surface area contributed by atoms with Gasteiger partial charge in [0, 0.05) is 5.56 Å². The lowest BCUT2D eigenvalue weighted by Crippen LogP contribution is -2.22. The second kappa shape index (κ2) is 7.72. The van der Waals surface area contributed by atoms with E-state index in [1.54, 1.807) is 18.4 Å². The first-order chi connectivity index (χ1) is 12.5. The maximum Gasteiger partial charge on any atom is 0.277 e. The van der Waals surface area contributed by atoms with Crippen LogP contribution in [0.25, 0.3) is 11.5 Å². The lowest BCUT2D eigenvalue weighted by atomic mass is 10.1. The molecule has 2 heterocycles. The number of amides is 1. The van der Waals surface area contributed by atoms with Gasteiger partial charge in [-0.05, 0) is 44.4 Å². The van der Waals surface area contributed by atoms with Crippen LogP contribution in [0.3, 0.4) is 0 Å². The molecule has 3 aromatic rings. The van der Waals surface area contributed by atoms with E-state index in [1.807, 2.05) is 32.0 Å².